The van der Waals surface area contributed by atoms with Gasteiger partial charge in [0.25, 0.3) is 12.3 Å². The van der Waals surface area contributed by atoms with Crippen LogP contribution in [-0.2, 0) is 18.6 Å². The Balaban J connectivity index is 1.65. The average Bonchev–Trinajstić information content (AvgIpc) is 2.84. The lowest BCUT2D eigenvalue weighted by atomic mass is 10.0. The molecule has 9 nitrogen and oxygen atoms in total. The highest BCUT2D eigenvalue weighted by molar-refractivity contribution is 5.99. The molecule has 3 aromatic rings. The summed E-state index contributed by atoms with van der Waals surface area (Å²) < 4.78 is 26.6. The molecule has 1 amide bonds. The molecule has 1 aliphatic heterocycles. The number of aromatic nitrogens is 3. The summed E-state index contributed by atoms with van der Waals surface area (Å²) in [6.07, 6.45) is -0.687. The number of rotatable bonds is 8. The number of nitrogens with one attached hydrogen (secondary N) is 4. The minimum absolute atomic E-state index is 0.130. The lowest BCUT2D eigenvalue weighted by Gasteiger charge is -2.22. The second-order valence-corrected chi connectivity index (χ2v) is 9.10. The number of hydrogen-bond acceptors (Lipinski definition) is 8. The largest absolute Gasteiger partial charge is 0.378 e. The van der Waals surface area contributed by atoms with E-state index in [4.69, 9.17) is 0 Å². The zero-order valence-electron chi connectivity index (χ0n) is 20.3. The fourth-order valence-corrected chi connectivity index (χ4v) is 3.75. The standard InChI is InChI=1S/C25H29F2N7O2/c1-14(2)30-22(35)18-13-29-24(31-17-8-7-15-9-10-28-12-16(15)11-17)34-21(18)33-20-6-4-5-19(32-20)25(3,36)23(26)27/h4-8,11,13-14,23,28,36H,9-10,12H2,1-3H3,(H,30,35)(H2,29,31,32,33,34). The second-order valence-electron chi connectivity index (χ2n) is 9.10. The van der Waals surface area contributed by atoms with E-state index in [1.807, 2.05) is 26.0 Å². The fourth-order valence-electron chi connectivity index (χ4n) is 3.75. The first kappa shape index (κ1) is 25.4. The van der Waals surface area contributed by atoms with Gasteiger partial charge in [-0.2, -0.15) is 4.98 Å². The van der Waals surface area contributed by atoms with Crippen LogP contribution in [0.2, 0.25) is 0 Å². The van der Waals surface area contributed by atoms with Crippen molar-refractivity contribution in [1.82, 2.24) is 25.6 Å². The van der Waals surface area contributed by atoms with Crippen molar-refractivity contribution in [2.45, 2.75) is 51.8 Å². The number of aliphatic hydroxyl groups is 1. The van der Waals surface area contributed by atoms with Gasteiger partial charge in [-0.15, -0.1) is 0 Å². The number of anilines is 4. The van der Waals surface area contributed by atoms with E-state index < -0.39 is 17.9 Å². The van der Waals surface area contributed by atoms with E-state index in [1.54, 1.807) is 0 Å². The Morgan fingerprint density at radius 1 is 1.14 bits per heavy atom. The maximum absolute atomic E-state index is 13.3. The zero-order chi connectivity index (χ0) is 25.9. The maximum atomic E-state index is 13.3. The number of nitrogens with zero attached hydrogens (tertiary/aromatic N) is 3. The zero-order valence-corrected chi connectivity index (χ0v) is 20.3. The minimum atomic E-state index is -3.03. The van der Waals surface area contributed by atoms with Gasteiger partial charge in [0, 0.05) is 24.5 Å². The summed E-state index contributed by atoms with van der Waals surface area (Å²) in [7, 11) is 0. The molecular weight excluding hydrogens is 468 g/mol. The first-order valence-corrected chi connectivity index (χ1v) is 11.7. The number of alkyl halides is 2. The predicted octanol–water partition coefficient (Wildman–Crippen LogP) is 3.62. The van der Waals surface area contributed by atoms with Crippen LogP contribution in [0.25, 0.3) is 0 Å². The monoisotopic (exact) mass is 497 g/mol. The van der Waals surface area contributed by atoms with Gasteiger partial charge in [-0.3, -0.25) is 4.79 Å². The molecule has 3 heterocycles. The molecule has 1 aromatic carbocycles. The van der Waals surface area contributed by atoms with Gasteiger partial charge in [0.1, 0.15) is 17.2 Å². The second kappa shape index (κ2) is 10.5. The normalized spacial score (nSPS) is 14.8. The molecule has 0 saturated heterocycles. The summed E-state index contributed by atoms with van der Waals surface area (Å²) in [6, 6.07) is 10.2. The summed E-state index contributed by atoms with van der Waals surface area (Å²) in [5.74, 6) is 0.0934. The Labute approximate surface area is 207 Å². The van der Waals surface area contributed by atoms with Gasteiger partial charge >= 0.3 is 0 Å². The van der Waals surface area contributed by atoms with E-state index >= 15 is 0 Å². The fraction of sp³-hybridized carbons (Fsp3) is 0.360. The number of hydrogen-bond donors (Lipinski definition) is 5. The average molecular weight is 498 g/mol. The molecule has 190 valence electrons. The summed E-state index contributed by atoms with van der Waals surface area (Å²) >= 11 is 0. The number of pyridine rings is 1. The highest BCUT2D eigenvalue weighted by Crippen LogP contribution is 2.28. The molecule has 1 unspecified atom stereocenters. The molecule has 1 aliphatic rings. The molecule has 5 N–H and O–H groups in total. The van der Waals surface area contributed by atoms with Crippen LogP contribution in [0, 0.1) is 0 Å². The molecule has 0 fully saturated rings. The Morgan fingerprint density at radius 3 is 2.69 bits per heavy atom. The first-order chi connectivity index (χ1) is 17.1. The van der Waals surface area contributed by atoms with Crippen molar-refractivity contribution in [2.75, 3.05) is 17.2 Å². The first-order valence-electron chi connectivity index (χ1n) is 11.7. The number of halogens is 2. The van der Waals surface area contributed by atoms with E-state index in [0.29, 0.717) is 0 Å². The van der Waals surface area contributed by atoms with Crippen LogP contribution in [0.5, 0.6) is 0 Å². The summed E-state index contributed by atoms with van der Waals surface area (Å²) in [5, 5.41) is 22.4. The van der Waals surface area contributed by atoms with E-state index in [-0.39, 0.29) is 34.9 Å². The molecule has 0 saturated carbocycles. The Morgan fingerprint density at radius 2 is 1.94 bits per heavy atom. The van der Waals surface area contributed by atoms with Gasteiger partial charge in [-0.25, -0.2) is 18.7 Å². The van der Waals surface area contributed by atoms with Crippen LogP contribution in [-0.4, -0.2) is 45.0 Å². The third kappa shape index (κ3) is 5.74. The molecule has 0 spiro atoms. The Kier molecular flexibility index (Phi) is 7.41. The van der Waals surface area contributed by atoms with Crippen LogP contribution >= 0.6 is 0 Å². The number of carbonyl (C=O) groups is 1. The predicted molar refractivity (Wildman–Crippen MR) is 133 cm³/mol. The van der Waals surface area contributed by atoms with Crippen LogP contribution < -0.4 is 21.3 Å². The van der Waals surface area contributed by atoms with Gasteiger partial charge in [-0.05, 0) is 69.1 Å². The van der Waals surface area contributed by atoms with Crippen molar-refractivity contribution in [3.05, 3.63) is 65.0 Å². The highest BCUT2D eigenvalue weighted by atomic mass is 19.3. The van der Waals surface area contributed by atoms with Crippen molar-refractivity contribution in [2.24, 2.45) is 0 Å². The van der Waals surface area contributed by atoms with Crippen molar-refractivity contribution in [3.8, 4) is 0 Å². The van der Waals surface area contributed by atoms with E-state index in [0.717, 1.165) is 32.1 Å². The molecule has 2 aromatic heterocycles. The smallest absolute Gasteiger partial charge is 0.272 e. The molecule has 4 rings (SSSR count). The van der Waals surface area contributed by atoms with Gasteiger partial charge in [0.15, 0.2) is 5.60 Å². The van der Waals surface area contributed by atoms with Crippen molar-refractivity contribution >= 4 is 29.2 Å². The topological polar surface area (TPSA) is 124 Å². The van der Waals surface area contributed by atoms with Gasteiger partial charge in [0.2, 0.25) is 5.95 Å². The molecule has 0 aliphatic carbocycles. The Bertz CT molecular complexity index is 1250. The third-order valence-electron chi connectivity index (χ3n) is 5.74. The number of carbonyl (C=O) groups excluding carboxylic acids is 1. The molecule has 11 heteroatoms. The van der Waals surface area contributed by atoms with Gasteiger partial charge in [-0.1, -0.05) is 12.1 Å². The SMILES string of the molecule is CC(C)NC(=O)c1cnc(Nc2ccc3c(c2)CNCC3)nc1Nc1cccc(C(C)(O)C(F)F)n1. The molecular formula is C25H29F2N7O2. The molecule has 36 heavy (non-hydrogen) atoms. The highest BCUT2D eigenvalue weighted by Gasteiger charge is 2.36. The quantitative estimate of drug-likeness (QED) is 0.320. The van der Waals surface area contributed by atoms with Crippen molar-refractivity contribution < 1.29 is 18.7 Å². The molecule has 0 radical (unpaired) electrons. The van der Waals surface area contributed by atoms with Crippen molar-refractivity contribution in [1.29, 1.82) is 0 Å². The number of amides is 1. The van der Waals surface area contributed by atoms with E-state index in [1.165, 1.54) is 35.5 Å². The molecule has 1 atom stereocenters. The van der Waals surface area contributed by atoms with Crippen molar-refractivity contribution in [3.63, 3.8) is 0 Å². The van der Waals surface area contributed by atoms with Crippen LogP contribution in [0.3, 0.4) is 0 Å². The van der Waals surface area contributed by atoms with Gasteiger partial charge < -0.3 is 26.4 Å². The molecule has 0 bridgehead atoms. The van der Waals surface area contributed by atoms with E-state index in [2.05, 4.69) is 42.3 Å². The summed E-state index contributed by atoms with van der Waals surface area (Å²) in [4.78, 5) is 25.7. The summed E-state index contributed by atoms with van der Waals surface area (Å²) in [5.41, 5.74) is 0.756. The lowest BCUT2D eigenvalue weighted by Crippen LogP contribution is -2.32. The lowest BCUT2D eigenvalue weighted by molar-refractivity contribution is -0.0909. The summed E-state index contributed by atoms with van der Waals surface area (Å²) in [6.45, 7) is 6.36. The Hall–Kier alpha value is -3.70. The van der Waals surface area contributed by atoms with Crippen LogP contribution in [0.1, 0.15) is 48.0 Å². The number of benzene rings is 1. The number of fused-ring (bicyclic) bond motifs is 1. The van der Waals surface area contributed by atoms with Crippen LogP contribution in [0.4, 0.5) is 32.1 Å². The van der Waals surface area contributed by atoms with Gasteiger partial charge in [0.05, 0.1) is 5.69 Å². The maximum Gasteiger partial charge on any atom is 0.272 e. The third-order valence-corrected chi connectivity index (χ3v) is 5.74. The van der Waals surface area contributed by atoms with E-state index in [9.17, 15) is 18.7 Å². The minimum Gasteiger partial charge on any atom is -0.378 e. The van der Waals surface area contributed by atoms with Crippen LogP contribution in [0.15, 0.2) is 42.6 Å².